The lowest BCUT2D eigenvalue weighted by Gasteiger charge is -2.10. The molecule has 2 N–H and O–H groups in total. The lowest BCUT2D eigenvalue weighted by Crippen LogP contribution is -2.11. The van der Waals surface area contributed by atoms with Gasteiger partial charge in [0.05, 0.1) is 15.6 Å². The van der Waals surface area contributed by atoms with Crippen LogP contribution in [0.15, 0.2) is 21.1 Å². The van der Waals surface area contributed by atoms with Gasteiger partial charge in [-0.05, 0) is 50.4 Å². The average molecular weight is 337 g/mol. The second-order valence-corrected chi connectivity index (χ2v) is 4.69. The van der Waals surface area contributed by atoms with Crippen molar-refractivity contribution >= 4 is 37.8 Å². The van der Waals surface area contributed by atoms with Crippen molar-refractivity contribution in [2.75, 3.05) is 6.61 Å². The van der Waals surface area contributed by atoms with Crippen LogP contribution in [0.4, 0.5) is 0 Å². The molecule has 1 aromatic rings. The van der Waals surface area contributed by atoms with E-state index in [0.717, 1.165) is 15.4 Å². The van der Waals surface area contributed by atoms with Crippen LogP contribution in [0, 0.1) is 0 Å². The predicted octanol–water partition coefficient (Wildman–Crippen LogP) is 3.10. The monoisotopic (exact) mass is 335 g/mol. The lowest BCUT2D eigenvalue weighted by molar-refractivity contribution is 0.1000. The maximum Gasteiger partial charge on any atom is 0.248 e. The van der Waals surface area contributed by atoms with Crippen LogP contribution in [0.2, 0.25) is 0 Å². The van der Waals surface area contributed by atoms with Gasteiger partial charge >= 0.3 is 0 Å². The van der Waals surface area contributed by atoms with E-state index in [1.807, 2.05) is 6.92 Å². The Labute approximate surface area is 105 Å². The number of carbonyl (C=O) groups excluding carboxylic acids is 1. The van der Waals surface area contributed by atoms with Crippen LogP contribution in [0.1, 0.15) is 23.7 Å². The third-order valence-electron chi connectivity index (χ3n) is 1.73. The second kappa shape index (κ2) is 5.51. The molecule has 82 valence electrons. The molecule has 0 fully saturated rings. The molecule has 0 saturated heterocycles. The van der Waals surface area contributed by atoms with E-state index in [0.29, 0.717) is 17.9 Å². The fourth-order valence-electron chi connectivity index (χ4n) is 1.04. The first kappa shape index (κ1) is 12.5. The van der Waals surface area contributed by atoms with Crippen LogP contribution in [-0.2, 0) is 0 Å². The van der Waals surface area contributed by atoms with Gasteiger partial charge in [0.2, 0.25) is 5.91 Å². The summed E-state index contributed by atoms with van der Waals surface area (Å²) in [4.78, 5) is 11.0. The number of rotatable bonds is 4. The molecule has 3 nitrogen and oxygen atoms in total. The molecule has 0 spiro atoms. The maximum atomic E-state index is 11.0. The maximum absolute atomic E-state index is 11.0. The Bertz CT molecular complexity index is 357. The van der Waals surface area contributed by atoms with Crippen LogP contribution in [0.5, 0.6) is 5.75 Å². The van der Waals surface area contributed by atoms with Gasteiger partial charge in [0, 0.05) is 5.56 Å². The summed E-state index contributed by atoms with van der Waals surface area (Å²) < 4.78 is 6.95. The van der Waals surface area contributed by atoms with Gasteiger partial charge in [0.25, 0.3) is 0 Å². The summed E-state index contributed by atoms with van der Waals surface area (Å²) in [6, 6.07) is 3.30. The third-order valence-corrected chi connectivity index (χ3v) is 2.91. The minimum Gasteiger partial charge on any atom is -0.491 e. The zero-order chi connectivity index (χ0) is 11.4. The fourth-order valence-corrected chi connectivity index (χ4v) is 2.46. The van der Waals surface area contributed by atoms with Gasteiger partial charge in [0.15, 0.2) is 0 Å². The summed E-state index contributed by atoms with van der Waals surface area (Å²) in [5.41, 5.74) is 5.62. The van der Waals surface area contributed by atoms with E-state index in [-0.39, 0.29) is 0 Å². The molecule has 1 amide bonds. The first-order valence-corrected chi connectivity index (χ1v) is 6.06. The van der Waals surface area contributed by atoms with Crippen molar-refractivity contribution in [3.63, 3.8) is 0 Å². The molecule has 0 aromatic heterocycles. The van der Waals surface area contributed by atoms with Crippen LogP contribution in [0.25, 0.3) is 0 Å². The van der Waals surface area contributed by atoms with E-state index in [1.165, 1.54) is 0 Å². The Morgan fingerprint density at radius 1 is 1.40 bits per heavy atom. The zero-order valence-electron chi connectivity index (χ0n) is 8.22. The van der Waals surface area contributed by atoms with Crippen molar-refractivity contribution in [3.8, 4) is 5.75 Å². The number of primary amides is 1. The molecule has 0 aliphatic rings. The molecular weight excluding hydrogens is 326 g/mol. The lowest BCUT2D eigenvalue weighted by atomic mass is 10.2. The average Bonchev–Trinajstić information content (AvgIpc) is 2.16. The Hall–Kier alpha value is -0.550. The van der Waals surface area contributed by atoms with Gasteiger partial charge in [-0.2, -0.15) is 0 Å². The van der Waals surface area contributed by atoms with Gasteiger partial charge in [-0.3, -0.25) is 4.79 Å². The first-order chi connectivity index (χ1) is 7.06. The first-order valence-electron chi connectivity index (χ1n) is 4.48. The molecule has 0 unspecified atom stereocenters. The highest BCUT2D eigenvalue weighted by atomic mass is 79.9. The van der Waals surface area contributed by atoms with Gasteiger partial charge in [0.1, 0.15) is 5.75 Å². The highest BCUT2D eigenvalue weighted by molar-refractivity contribution is 9.11. The predicted molar refractivity (Wildman–Crippen MR) is 66.1 cm³/mol. The van der Waals surface area contributed by atoms with Crippen LogP contribution >= 0.6 is 31.9 Å². The number of ether oxygens (including phenoxy) is 1. The molecular formula is C10H11Br2NO2. The molecule has 0 atom stereocenters. The molecule has 1 rings (SSSR count). The summed E-state index contributed by atoms with van der Waals surface area (Å²) in [6.45, 7) is 2.66. The summed E-state index contributed by atoms with van der Waals surface area (Å²) >= 11 is 6.67. The van der Waals surface area contributed by atoms with Crippen molar-refractivity contribution in [1.29, 1.82) is 0 Å². The Balaban J connectivity index is 3.04. The summed E-state index contributed by atoms with van der Waals surface area (Å²) in [5.74, 6) is 0.236. The smallest absolute Gasteiger partial charge is 0.248 e. The standard InChI is InChI=1S/C10H11Br2NO2/c1-2-3-15-9-7(11)4-6(10(13)14)5-8(9)12/h4-5H,2-3H2,1H3,(H2,13,14). The minimum absolute atomic E-state index is 0.442. The van der Waals surface area contributed by atoms with Crippen molar-refractivity contribution in [2.45, 2.75) is 13.3 Å². The molecule has 1 aromatic carbocycles. The Morgan fingerprint density at radius 3 is 2.33 bits per heavy atom. The van der Waals surface area contributed by atoms with Gasteiger partial charge in [-0.1, -0.05) is 6.92 Å². The molecule has 0 bridgehead atoms. The van der Waals surface area contributed by atoms with E-state index in [2.05, 4.69) is 31.9 Å². The fraction of sp³-hybridized carbons (Fsp3) is 0.300. The Morgan fingerprint density at radius 2 is 1.93 bits per heavy atom. The number of amides is 1. The highest BCUT2D eigenvalue weighted by Crippen LogP contribution is 2.34. The Kier molecular flexibility index (Phi) is 4.60. The molecule has 15 heavy (non-hydrogen) atoms. The molecule has 0 aliphatic heterocycles. The quantitative estimate of drug-likeness (QED) is 0.918. The number of nitrogens with two attached hydrogens (primary N) is 1. The SMILES string of the molecule is CCCOc1c(Br)cc(C(N)=O)cc1Br. The molecule has 0 heterocycles. The summed E-state index contributed by atoms with van der Waals surface area (Å²) in [6.07, 6.45) is 0.927. The molecule has 0 aliphatic carbocycles. The van der Waals surface area contributed by atoms with E-state index in [4.69, 9.17) is 10.5 Å². The van der Waals surface area contributed by atoms with Gasteiger partial charge < -0.3 is 10.5 Å². The number of carbonyl (C=O) groups is 1. The van der Waals surface area contributed by atoms with Gasteiger partial charge in [-0.25, -0.2) is 0 Å². The van der Waals surface area contributed by atoms with Crippen LogP contribution in [-0.4, -0.2) is 12.5 Å². The molecule has 0 saturated carbocycles. The van der Waals surface area contributed by atoms with E-state index in [9.17, 15) is 4.79 Å². The van der Waals surface area contributed by atoms with Crippen molar-refractivity contribution in [2.24, 2.45) is 5.73 Å². The largest absolute Gasteiger partial charge is 0.491 e. The molecule has 5 heteroatoms. The number of halogens is 2. The second-order valence-electron chi connectivity index (χ2n) is 2.98. The number of benzene rings is 1. The minimum atomic E-state index is -0.460. The van der Waals surface area contributed by atoms with E-state index in [1.54, 1.807) is 12.1 Å². The van der Waals surface area contributed by atoms with Crippen LogP contribution in [0.3, 0.4) is 0 Å². The number of hydrogen-bond acceptors (Lipinski definition) is 2. The topological polar surface area (TPSA) is 52.3 Å². The van der Waals surface area contributed by atoms with Gasteiger partial charge in [-0.15, -0.1) is 0 Å². The van der Waals surface area contributed by atoms with Crippen molar-refractivity contribution in [1.82, 2.24) is 0 Å². The van der Waals surface area contributed by atoms with Crippen molar-refractivity contribution < 1.29 is 9.53 Å². The highest BCUT2D eigenvalue weighted by Gasteiger charge is 2.11. The van der Waals surface area contributed by atoms with E-state index >= 15 is 0 Å². The van der Waals surface area contributed by atoms with Crippen LogP contribution < -0.4 is 10.5 Å². The molecule has 0 radical (unpaired) electrons. The summed E-state index contributed by atoms with van der Waals surface area (Å²) in [5, 5.41) is 0. The van der Waals surface area contributed by atoms with Crippen molar-refractivity contribution in [3.05, 3.63) is 26.6 Å². The number of hydrogen-bond donors (Lipinski definition) is 1. The summed E-state index contributed by atoms with van der Waals surface area (Å²) in [7, 11) is 0. The van der Waals surface area contributed by atoms with E-state index < -0.39 is 5.91 Å². The third kappa shape index (κ3) is 3.21. The normalized spacial score (nSPS) is 10.1. The zero-order valence-corrected chi connectivity index (χ0v) is 11.4.